The Kier molecular flexibility index (Phi) is 6.35. The molecule has 0 aliphatic carbocycles. The van der Waals surface area contributed by atoms with Crippen molar-refractivity contribution in [1.29, 1.82) is 0 Å². The van der Waals surface area contributed by atoms with E-state index in [-0.39, 0.29) is 22.2 Å². The zero-order valence-electron chi connectivity index (χ0n) is 20.8. The summed E-state index contributed by atoms with van der Waals surface area (Å²) in [6.07, 6.45) is 8.40. The van der Waals surface area contributed by atoms with E-state index in [1.54, 1.807) is 0 Å². The average molecular weight is 410 g/mol. The summed E-state index contributed by atoms with van der Waals surface area (Å²) in [7, 11) is 0. The Morgan fingerprint density at radius 1 is 0.867 bits per heavy atom. The van der Waals surface area contributed by atoms with Crippen molar-refractivity contribution in [2.45, 2.75) is 103 Å². The zero-order valence-corrected chi connectivity index (χ0v) is 20.8. The second-order valence-electron chi connectivity index (χ2n) is 12.2. The summed E-state index contributed by atoms with van der Waals surface area (Å²) < 4.78 is 0. The Bertz CT molecular complexity index is 710. The van der Waals surface area contributed by atoms with Crippen LogP contribution in [0.4, 0.5) is 0 Å². The summed E-state index contributed by atoms with van der Waals surface area (Å²) in [6, 6.07) is 11.0. The average Bonchev–Trinajstić information content (AvgIpc) is 2.61. The minimum atomic E-state index is 0.120. The molecule has 1 radical (unpaired) electrons. The van der Waals surface area contributed by atoms with Crippen molar-refractivity contribution in [3.63, 3.8) is 0 Å². The summed E-state index contributed by atoms with van der Waals surface area (Å²) in [5, 5.41) is 0. The first-order valence-corrected chi connectivity index (χ1v) is 11.8. The fourth-order valence-electron chi connectivity index (χ4n) is 7.00. The van der Waals surface area contributed by atoms with Crippen molar-refractivity contribution in [3.8, 4) is 0 Å². The molecular weight excluding hydrogens is 364 g/mol. The second kappa shape index (κ2) is 8.10. The van der Waals surface area contributed by atoms with Crippen LogP contribution in [-0.2, 0) is 6.54 Å². The maximum atomic E-state index is 4.03. The van der Waals surface area contributed by atoms with Gasteiger partial charge in [-0.2, -0.15) is 0 Å². The molecule has 1 unspecified atom stereocenters. The van der Waals surface area contributed by atoms with Crippen molar-refractivity contribution in [1.82, 2.24) is 9.80 Å². The highest BCUT2D eigenvalue weighted by atomic mass is 15.3. The molecule has 2 aliphatic heterocycles. The van der Waals surface area contributed by atoms with Crippen LogP contribution in [-0.4, -0.2) is 38.5 Å². The van der Waals surface area contributed by atoms with Crippen molar-refractivity contribution in [2.24, 2.45) is 11.8 Å². The van der Waals surface area contributed by atoms with Crippen molar-refractivity contribution in [3.05, 3.63) is 55.0 Å². The number of nitrogens with zero attached hydrogens (tertiary/aromatic N) is 2. The Balaban J connectivity index is 1.90. The number of hydrogen-bond donors (Lipinski definition) is 0. The van der Waals surface area contributed by atoms with Gasteiger partial charge in [-0.05, 0) is 98.5 Å². The van der Waals surface area contributed by atoms with Crippen molar-refractivity contribution in [2.75, 3.05) is 6.54 Å². The van der Waals surface area contributed by atoms with Gasteiger partial charge in [-0.3, -0.25) is 9.80 Å². The molecular formula is C28H45N2. The van der Waals surface area contributed by atoms with Gasteiger partial charge in [0.15, 0.2) is 0 Å². The first-order chi connectivity index (χ1) is 13.8. The number of likely N-dealkylation sites (tertiary alicyclic amines) is 2. The summed E-state index contributed by atoms with van der Waals surface area (Å²) >= 11 is 0. The number of benzene rings is 1. The van der Waals surface area contributed by atoms with E-state index in [4.69, 9.17) is 0 Å². The molecule has 0 aromatic heterocycles. The molecule has 3 rings (SSSR count). The van der Waals surface area contributed by atoms with Crippen LogP contribution in [0.3, 0.4) is 0 Å². The lowest BCUT2D eigenvalue weighted by atomic mass is 9.60. The van der Waals surface area contributed by atoms with E-state index in [2.05, 4.69) is 115 Å². The maximum absolute atomic E-state index is 4.03. The molecule has 0 saturated carbocycles. The van der Waals surface area contributed by atoms with E-state index in [0.717, 1.165) is 19.5 Å². The van der Waals surface area contributed by atoms with Gasteiger partial charge in [0.2, 0.25) is 0 Å². The SMILES string of the molecule is C=CCN1C(C)(C)CC(C2[CH]CC(C)(C)N(Cc3ccccc3)C2(C)C)CC1(C)C. The number of hydrogen-bond acceptors (Lipinski definition) is 2. The van der Waals surface area contributed by atoms with Gasteiger partial charge < -0.3 is 0 Å². The van der Waals surface area contributed by atoms with E-state index in [9.17, 15) is 0 Å². The van der Waals surface area contributed by atoms with Crippen LogP contribution in [0.25, 0.3) is 0 Å². The Morgan fingerprint density at radius 3 is 1.97 bits per heavy atom. The molecule has 2 nitrogen and oxygen atoms in total. The van der Waals surface area contributed by atoms with Gasteiger partial charge >= 0.3 is 0 Å². The standard InChI is InChI=1S/C28H45N2/c1-10-18-29-26(4,5)19-23(20-27(29,6)7)24-16-17-25(2,3)30(28(24,8)9)21-22-14-12-11-13-15-22/h10-16,23-24H,1,17-21H2,2-9H3. The van der Waals surface area contributed by atoms with Crippen LogP contribution in [0.2, 0.25) is 0 Å². The quantitative estimate of drug-likeness (QED) is 0.498. The highest BCUT2D eigenvalue weighted by Gasteiger charge is 2.54. The van der Waals surface area contributed by atoms with E-state index < -0.39 is 0 Å². The van der Waals surface area contributed by atoms with Crippen LogP contribution in [0, 0.1) is 18.3 Å². The molecule has 167 valence electrons. The van der Waals surface area contributed by atoms with Gasteiger partial charge in [-0.15, -0.1) is 6.58 Å². The van der Waals surface area contributed by atoms with Crippen LogP contribution < -0.4 is 0 Å². The molecule has 2 aliphatic rings. The zero-order chi connectivity index (χ0) is 22.4. The molecule has 30 heavy (non-hydrogen) atoms. The first kappa shape index (κ1) is 23.5. The summed E-state index contributed by atoms with van der Waals surface area (Å²) in [4.78, 5) is 5.46. The molecule has 1 atom stereocenters. The lowest BCUT2D eigenvalue weighted by Gasteiger charge is -2.62. The van der Waals surface area contributed by atoms with Crippen LogP contribution >= 0.6 is 0 Å². The summed E-state index contributed by atoms with van der Waals surface area (Å²) in [5.74, 6) is 1.29. The molecule has 0 N–H and O–H groups in total. The van der Waals surface area contributed by atoms with Gasteiger partial charge in [0.05, 0.1) is 0 Å². The van der Waals surface area contributed by atoms with Crippen LogP contribution in [0.15, 0.2) is 43.0 Å². The van der Waals surface area contributed by atoms with E-state index in [0.29, 0.717) is 11.8 Å². The fourth-order valence-corrected chi connectivity index (χ4v) is 7.00. The second-order valence-corrected chi connectivity index (χ2v) is 12.2. The predicted octanol–water partition coefficient (Wildman–Crippen LogP) is 6.73. The molecule has 2 fully saturated rings. The first-order valence-electron chi connectivity index (χ1n) is 11.8. The van der Waals surface area contributed by atoms with Gasteiger partial charge in [0.25, 0.3) is 0 Å². The fraction of sp³-hybridized carbons (Fsp3) is 0.679. The lowest BCUT2D eigenvalue weighted by molar-refractivity contribution is -0.105. The van der Waals surface area contributed by atoms with Gasteiger partial charge in [0, 0.05) is 35.2 Å². The van der Waals surface area contributed by atoms with Crippen LogP contribution in [0.1, 0.15) is 80.2 Å². The highest BCUT2D eigenvalue weighted by molar-refractivity contribution is 5.19. The third-order valence-corrected chi connectivity index (χ3v) is 8.10. The molecule has 2 saturated heterocycles. The Hall–Kier alpha value is -1.12. The predicted molar refractivity (Wildman–Crippen MR) is 130 cm³/mol. The molecule has 0 bridgehead atoms. The lowest BCUT2D eigenvalue weighted by Crippen LogP contribution is -2.67. The molecule has 0 amide bonds. The summed E-state index contributed by atoms with van der Waals surface area (Å²) in [6.45, 7) is 25.6. The molecule has 2 heteroatoms. The highest BCUT2D eigenvalue weighted by Crippen LogP contribution is 2.52. The number of piperidine rings is 2. The minimum Gasteiger partial charge on any atom is -0.289 e. The van der Waals surface area contributed by atoms with Crippen molar-refractivity contribution >= 4 is 0 Å². The van der Waals surface area contributed by atoms with Crippen LogP contribution in [0.5, 0.6) is 0 Å². The largest absolute Gasteiger partial charge is 0.289 e. The Labute approximate surface area is 186 Å². The molecule has 1 aromatic rings. The number of rotatable bonds is 5. The van der Waals surface area contributed by atoms with E-state index >= 15 is 0 Å². The molecule has 2 heterocycles. The Morgan fingerprint density at radius 2 is 1.43 bits per heavy atom. The normalized spacial score (nSPS) is 28.9. The van der Waals surface area contributed by atoms with Gasteiger partial charge in [0.1, 0.15) is 0 Å². The van der Waals surface area contributed by atoms with E-state index in [1.807, 2.05) is 0 Å². The van der Waals surface area contributed by atoms with Gasteiger partial charge in [-0.1, -0.05) is 36.4 Å². The topological polar surface area (TPSA) is 6.48 Å². The molecule has 0 spiro atoms. The summed E-state index contributed by atoms with van der Waals surface area (Å²) in [5.41, 5.74) is 2.07. The third kappa shape index (κ3) is 4.41. The van der Waals surface area contributed by atoms with Gasteiger partial charge in [-0.25, -0.2) is 0 Å². The smallest absolute Gasteiger partial charge is 0.0244 e. The van der Waals surface area contributed by atoms with Crippen molar-refractivity contribution < 1.29 is 0 Å². The molecule has 1 aromatic carbocycles. The van der Waals surface area contributed by atoms with E-state index in [1.165, 1.54) is 18.4 Å². The third-order valence-electron chi connectivity index (χ3n) is 8.10. The minimum absolute atomic E-state index is 0.120. The monoisotopic (exact) mass is 409 g/mol. The maximum Gasteiger partial charge on any atom is 0.0244 e.